The van der Waals surface area contributed by atoms with Crippen molar-refractivity contribution in [1.82, 2.24) is 10.6 Å². The average Bonchev–Trinajstić information content (AvgIpc) is 3.22. The van der Waals surface area contributed by atoms with Crippen molar-refractivity contribution >= 4 is 55.3 Å². The molecule has 0 unspecified atom stereocenters. The Morgan fingerprint density at radius 3 is 1.09 bits per heavy atom. The first-order chi connectivity index (χ1) is 27.5. The first kappa shape index (κ1) is 35.9. The molecule has 0 saturated heterocycles. The molecule has 0 aliphatic heterocycles. The number of phenolic OH excluding ortho intramolecular Hbond substituents is 2. The second kappa shape index (κ2) is 16.1. The van der Waals surface area contributed by atoms with Crippen molar-refractivity contribution < 1.29 is 29.3 Å². The van der Waals surface area contributed by atoms with Gasteiger partial charge in [0, 0.05) is 35.3 Å². The van der Waals surface area contributed by atoms with Crippen LogP contribution in [0.4, 0.5) is 9.59 Å². The summed E-state index contributed by atoms with van der Waals surface area (Å²) in [6.45, 7) is 0.838. The van der Waals surface area contributed by atoms with Crippen LogP contribution in [0.25, 0.3) is 65.3 Å². The van der Waals surface area contributed by atoms with Gasteiger partial charge in [-0.2, -0.15) is 0 Å². The summed E-state index contributed by atoms with van der Waals surface area (Å²) in [5, 5.41) is 35.2. The Labute approximate surface area is 323 Å². The maximum Gasteiger partial charge on any atom is 0.412 e. The molecule has 8 aromatic rings. The fraction of sp³-hybridized carbons (Fsp3) is 0.125. The number of hydrogen-bond donors (Lipinski definition) is 4. The van der Waals surface area contributed by atoms with Gasteiger partial charge in [-0.3, -0.25) is 0 Å². The maximum atomic E-state index is 13.0. The minimum atomic E-state index is -0.574. The van der Waals surface area contributed by atoms with E-state index in [1.165, 1.54) is 0 Å². The molecule has 0 radical (unpaired) electrons. The van der Waals surface area contributed by atoms with Crippen LogP contribution < -0.4 is 20.1 Å². The summed E-state index contributed by atoms with van der Waals surface area (Å²) in [5.41, 5.74) is 2.54. The number of rotatable bonds is 11. The van der Waals surface area contributed by atoms with Gasteiger partial charge in [0.15, 0.2) is 0 Å². The largest absolute Gasteiger partial charge is 0.507 e. The van der Waals surface area contributed by atoms with Gasteiger partial charge in [-0.05, 0) is 80.2 Å². The predicted molar refractivity (Wildman–Crippen MR) is 224 cm³/mol. The molecule has 278 valence electrons. The highest BCUT2D eigenvalue weighted by Crippen LogP contribution is 2.46. The lowest BCUT2D eigenvalue weighted by Gasteiger charge is -2.17. The number of fused-ring (bicyclic) bond motifs is 4. The summed E-state index contributed by atoms with van der Waals surface area (Å²) in [7, 11) is 0. The monoisotopic (exact) mass is 740 g/mol. The second-order valence-corrected chi connectivity index (χ2v) is 13.7. The molecule has 2 amide bonds. The van der Waals surface area contributed by atoms with Gasteiger partial charge in [0.1, 0.15) is 23.0 Å². The van der Waals surface area contributed by atoms with E-state index in [0.717, 1.165) is 68.8 Å². The van der Waals surface area contributed by atoms with Crippen LogP contribution in [-0.4, -0.2) is 35.5 Å². The fourth-order valence-electron chi connectivity index (χ4n) is 7.49. The number of amides is 2. The van der Waals surface area contributed by atoms with Crippen LogP contribution in [0.15, 0.2) is 146 Å². The molecular formula is C48H40N2O6. The van der Waals surface area contributed by atoms with Crippen LogP contribution in [0.2, 0.25) is 0 Å². The molecule has 0 atom stereocenters. The van der Waals surface area contributed by atoms with Crippen molar-refractivity contribution in [3.63, 3.8) is 0 Å². The second-order valence-electron chi connectivity index (χ2n) is 13.7. The third-order valence-corrected chi connectivity index (χ3v) is 10.1. The number of phenols is 2. The molecule has 56 heavy (non-hydrogen) atoms. The molecule has 8 nitrogen and oxygen atoms in total. The maximum absolute atomic E-state index is 13.0. The highest BCUT2D eigenvalue weighted by molar-refractivity contribution is 6.11. The Balaban J connectivity index is 0.853. The van der Waals surface area contributed by atoms with Gasteiger partial charge in [0.25, 0.3) is 0 Å². The molecule has 8 aromatic carbocycles. The van der Waals surface area contributed by atoms with Crippen molar-refractivity contribution in [2.24, 2.45) is 0 Å². The van der Waals surface area contributed by atoms with Gasteiger partial charge in [-0.1, -0.05) is 134 Å². The molecule has 8 heteroatoms. The molecule has 0 spiro atoms. The molecule has 0 heterocycles. The van der Waals surface area contributed by atoms with Gasteiger partial charge in [0.05, 0.1) is 0 Å². The van der Waals surface area contributed by atoms with Crippen molar-refractivity contribution in [3.05, 3.63) is 146 Å². The summed E-state index contributed by atoms with van der Waals surface area (Å²) < 4.78 is 11.8. The highest BCUT2D eigenvalue weighted by atomic mass is 16.6. The number of nitrogens with one attached hydrogen (secondary N) is 2. The van der Waals surface area contributed by atoms with Crippen LogP contribution in [0, 0.1) is 0 Å². The standard InChI is InChI=1S/C48H40N2O6/c51-39-25-21-31-13-3-7-17-35(31)43(39)45-37-19-9-5-15-33(37)23-27-41(45)55-47(53)49-29-11-1-2-12-30-50-48(54)56-42-28-24-34-16-6-10-20-38(34)46(42)44-36-18-8-4-14-32(36)22-26-40(44)52/h3-10,13-28,51-52H,1-2,11-12,29-30H2,(H,49,53)(H,50,54). The highest BCUT2D eigenvalue weighted by Gasteiger charge is 2.21. The number of carbonyl (C=O) groups is 2. The van der Waals surface area contributed by atoms with Crippen molar-refractivity contribution in [2.75, 3.05) is 13.1 Å². The van der Waals surface area contributed by atoms with Crippen LogP contribution in [0.3, 0.4) is 0 Å². The van der Waals surface area contributed by atoms with E-state index in [-0.39, 0.29) is 11.5 Å². The van der Waals surface area contributed by atoms with Crippen LogP contribution in [0.1, 0.15) is 25.7 Å². The summed E-state index contributed by atoms with van der Waals surface area (Å²) in [6.07, 6.45) is 1.96. The van der Waals surface area contributed by atoms with E-state index >= 15 is 0 Å². The number of carbonyl (C=O) groups excluding carboxylic acids is 2. The van der Waals surface area contributed by atoms with Crippen LogP contribution in [0.5, 0.6) is 23.0 Å². The Kier molecular flexibility index (Phi) is 10.3. The molecular weight excluding hydrogens is 701 g/mol. The number of ether oxygens (including phenoxy) is 2. The zero-order valence-electron chi connectivity index (χ0n) is 30.6. The zero-order chi connectivity index (χ0) is 38.4. The summed E-state index contributed by atoms with van der Waals surface area (Å²) in [5.74, 6) is 0.923. The van der Waals surface area contributed by atoms with Crippen LogP contribution in [-0.2, 0) is 0 Å². The van der Waals surface area contributed by atoms with Gasteiger partial charge >= 0.3 is 12.2 Å². The number of hydrogen-bond acceptors (Lipinski definition) is 6. The Morgan fingerprint density at radius 1 is 0.393 bits per heavy atom. The molecule has 0 aliphatic carbocycles. The van der Waals surface area contributed by atoms with E-state index in [1.807, 2.05) is 121 Å². The SMILES string of the molecule is O=C(NCCCCCCNC(=O)Oc1ccc2ccccc2c1-c1c(O)ccc2ccccc12)Oc1ccc2ccccc2c1-c1c(O)ccc2ccccc12. The first-order valence-corrected chi connectivity index (χ1v) is 18.8. The van der Waals surface area contributed by atoms with E-state index in [0.29, 0.717) is 46.8 Å². The Hall–Kier alpha value is -7.06. The molecule has 0 bridgehead atoms. The molecule has 0 saturated carbocycles. The lowest BCUT2D eigenvalue weighted by molar-refractivity contribution is 0.199. The lowest BCUT2D eigenvalue weighted by Crippen LogP contribution is -2.28. The summed E-state index contributed by atoms with van der Waals surface area (Å²) in [4.78, 5) is 26.1. The fourth-order valence-corrected chi connectivity index (χ4v) is 7.49. The third-order valence-electron chi connectivity index (χ3n) is 10.1. The zero-order valence-corrected chi connectivity index (χ0v) is 30.6. The van der Waals surface area contributed by atoms with E-state index in [2.05, 4.69) is 10.6 Å². The summed E-state index contributed by atoms with van der Waals surface area (Å²) in [6, 6.07) is 45.7. The first-order valence-electron chi connectivity index (χ1n) is 18.8. The van der Waals surface area contributed by atoms with Gasteiger partial charge in [0.2, 0.25) is 0 Å². The molecule has 4 N–H and O–H groups in total. The number of benzene rings is 8. The minimum absolute atomic E-state index is 0.104. The van der Waals surface area contributed by atoms with Gasteiger partial charge < -0.3 is 30.3 Å². The molecule has 0 fully saturated rings. The van der Waals surface area contributed by atoms with E-state index in [9.17, 15) is 19.8 Å². The molecule has 0 aliphatic rings. The van der Waals surface area contributed by atoms with Crippen molar-refractivity contribution in [1.29, 1.82) is 0 Å². The van der Waals surface area contributed by atoms with Crippen LogP contribution >= 0.6 is 0 Å². The topological polar surface area (TPSA) is 117 Å². The predicted octanol–water partition coefficient (Wildman–Crippen LogP) is 11.5. The quantitative estimate of drug-likeness (QED) is 0.0981. The average molecular weight is 741 g/mol. The molecule has 0 aromatic heterocycles. The Bertz CT molecular complexity index is 2550. The lowest BCUT2D eigenvalue weighted by atomic mass is 9.92. The van der Waals surface area contributed by atoms with E-state index in [1.54, 1.807) is 24.3 Å². The number of unbranched alkanes of at least 4 members (excludes halogenated alkanes) is 3. The van der Waals surface area contributed by atoms with Gasteiger partial charge in [-0.25, -0.2) is 9.59 Å². The summed E-state index contributed by atoms with van der Waals surface area (Å²) >= 11 is 0. The smallest absolute Gasteiger partial charge is 0.412 e. The van der Waals surface area contributed by atoms with Crippen molar-refractivity contribution in [2.45, 2.75) is 25.7 Å². The minimum Gasteiger partial charge on any atom is -0.507 e. The van der Waals surface area contributed by atoms with E-state index in [4.69, 9.17) is 9.47 Å². The normalized spacial score (nSPS) is 11.2. The van der Waals surface area contributed by atoms with E-state index < -0.39 is 12.2 Å². The molecule has 8 rings (SSSR count). The number of aromatic hydroxyl groups is 2. The van der Waals surface area contributed by atoms with Gasteiger partial charge in [-0.15, -0.1) is 0 Å². The Morgan fingerprint density at radius 2 is 0.714 bits per heavy atom. The van der Waals surface area contributed by atoms with Crippen molar-refractivity contribution in [3.8, 4) is 45.3 Å². The third kappa shape index (κ3) is 7.37.